The van der Waals surface area contributed by atoms with E-state index in [2.05, 4.69) is 0 Å². The van der Waals surface area contributed by atoms with Crippen LogP contribution < -0.4 is 0 Å². The summed E-state index contributed by atoms with van der Waals surface area (Å²) in [7, 11) is -0.169. The molecule has 0 atom stereocenters. The Bertz CT molecular complexity index is 161. The molecule has 0 unspecified atom stereocenters. The van der Waals surface area contributed by atoms with Crippen molar-refractivity contribution in [3.63, 3.8) is 0 Å². The predicted molar refractivity (Wildman–Crippen MR) is 63.2 cm³/mol. The smallest absolute Gasteiger partial charge is 0.408 e. The lowest BCUT2D eigenvalue weighted by molar-refractivity contribution is 0.107. The van der Waals surface area contributed by atoms with Gasteiger partial charge in [-0.3, -0.25) is 0 Å². The zero-order valence-electron chi connectivity index (χ0n) is 9.29. The SMILES string of the molecule is ClCB(OC1CCCC1)OC1CCCC1. The second-order valence-corrected chi connectivity index (χ2v) is 4.98. The number of rotatable bonds is 5. The molecule has 0 radical (unpaired) electrons. The molecule has 0 heterocycles. The average Bonchev–Trinajstić information content (AvgIpc) is 2.89. The third kappa shape index (κ3) is 3.65. The molecule has 0 aliphatic heterocycles. The van der Waals surface area contributed by atoms with E-state index < -0.39 is 0 Å². The van der Waals surface area contributed by atoms with Crippen LogP contribution >= 0.6 is 11.6 Å². The highest BCUT2D eigenvalue weighted by molar-refractivity contribution is 6.56. The maximum absolute atomic E-state index is 5.87. The molecule has 0 amide bonds. The summed E-state index contributed by atoms with van der Waals surface area (Å²) in [6, 6.07) is 0. The van der Waals surface area contributed by atoms with Crippen LogP contribution in [0.1, 0.15) is 51.4 Å². The van der Waals surface area contributed by atoms with Crippen molar-refractivity contribution in [1.29, 1.82) is 0 Å². The fraction of sp³-hybridized carbons (Fsp3) is 1.00. The Hall–Kier alpha value is 0.275. The van der Waals surface area contributed by atoms with Gasteiger partial charge in [-0.25, -0.2) is 0 Å². The normalized spacial score (nSPS) is 23.8. The van der Waals surface area contributed by atoms with E-state index in [9.17, 15) is 0 Å². The molecule has 15 heavy (non-hydrogen) atoms. The van der Waals surface area contributed by atoms with E-state index in [0.717, 1.165) is 0 Å². The lowest BCUT2D eigenvalue weighted by atomic mass is 9.93. The molecule has 2 nitrogen and oxygen atoms in total. The maximum atomic E-state index is 5.87. The van der Waals surface area contributed by atoms with Crippen LogP contribution in [0.15, 0.2) is 0 Å². The summed E-state index contributed by atoms with van der Waals surface area (Å²) in [5.41, 5.74) is 0. The summed E-state index contributed by atoms with van der Waals surface area (Å²) in [6.45, 7) is 0. The zero-order chi connectivity index (χ0) is 10.5. The number of hydrogen-bond acceptors (Lipinski definition) is 2. The molecular weight excluding hydrogens is 210 g/mol. The molecule has 4 heteroatoms. The molecule has 0 saturated heterocycles. The van der Waals surface area contributed by atoms with Crippen LogP contribution in [0.5, 0.6) is 0 Å². The highest BCUT2D eigenvalue weighted by Crippen LogP contribution is 2.25. The van der Waals surface area contributed by atoms with Crippen molar-refractivity contribution in [3.05, 3.63) is 0 Å². The highest BCUT2D eigenvalue weighted by atomic mass is 35.5. The minimum Gasteiger partial charge on any atom is -0.408 e. The second-order valence-electron chi connectivity index (χ2n) is 4.67. The Labute approximate surface area is 97.8 Å². The second kappa shape index (κ2) is 6.12. The largest absolute Gasteiger partial charge is 0.473 e. The summed E-state index contributed by atoms with van der Waals surface area (Å²) in [5, 5.41) is 0. The van der Waals surface area contributed by atoms with E-state index >= 15 is 0 Å². The molecule has 0 aromatic heterocycles. The van der Waals surface area contributed by atoms with E-state index in [1.54, 1.807) is 0 Å². The topological polar surface area (TPSA) is 18.5 Å². The molecule has 0 aromatic carbocycles. The van der Waals surface area contributed by atoms with Crippen LogP contribution in [-0.2, 0) is 9.31 Å². The van der Waals surface area contributed by atoms with Gasteiger partial charge in [0.1, 0.15) is 0 Å². The van der Waals surface area contributed by atoms with Crippen LogP contribution in [0, 0.1) is 0 Å². The number of alkyl halides is 1. The van der Waals surface area contributed by atoms with E-state index in [1.165, 1.54) is 51.4 Å². The van der Waals surface area contributed by atoms with Crippen molar-refractivity contribution in [2.24, 2.45) is 0 Å². The molecule has 2 fully saturated rings. The third-order valence-corrected chi connectivity index (χ3v) is 3.67. The molecule has 86 valence electrons. The van der Waals surface area contributed by atoms with E-state index in [4.69, 9.17) is 20.9 Å². The summed E-state index contributed by atoms with van der Waals surface area (Å²) in [5.74, 6) is 0.465. The van der Waals surface area contributed by atoms with Crippen molar-refractivity contribution < 1.29 is 9.31 Å². The Morgan fingerprint density at radius 2 is 1.27 bits per heavy atom. The molecule has 0 aromatic rings. The lowest BCUT2D eigenvalue weighted by Gasteiger charge is -2.20. The standard InChI is InChI=1S/C11H20BClO2/c13-9-12(14-10-5-1-2-6-10)15-11-7-3-4-8-11/h10-11H,1-9H2. The first kappa shape index (κ1) is 11.8. The van der Waals surface area contributed by atoms with Crippen LogP contribution in [0.3, 0.4) is 0 Å². The van der Waals surface area contributed by atoms with Crippen molar-refractivity contribution in [2.75, 3.05) is 5.78 Å². The first-order valence-corrected chi connectivity index (χ1v) is 6.79. The number of halogens is 1. The Kier molecular flexibility index (Phi) is 4.79. The minimum atomic E-state index is -0.169. The molecule has 2 aliphatic rings. The van der Waals surface area contributed by atoms with Crippen molar-refractivity contribution in [2.45, 2.75) is 63.6 Å². The van der Waals surface area contributed by atoms with Gasteiger partial charge in [0.2, 0.25) is 0 Å². The molecule has 2 saturated carbocycles. The predicted octanol–water partition coefficient (Wildman–Crippen LogP) is 3.17. The first-order valence-electron chi connectivity index (χ1n) is 6.25. The molecule has 0 bridgehead atoms. The molecular formula is C11H20BClO2. The molecule has 0 N–H and O–H groups in total. The van der Waals surface area contributed by atoms with Gasteiger partial charge in [0.15, 0.2) is 0 Å². The Morgan fingerprint density at radius 3 is 1.60 bits per heavy atom. The van der Waals surface area contributed by atoms with Crippen molar-refractivity contribution >= 4 is 18.7 Å². The molecule has 2 rings (SSSR count). The fourth-order valence-corrected chi connectivity index (χ4v) is 2.73. The summed E-state index contributed by atoms with van der Waals surface area (Å²) in [6.07, 6.45) is 10.7. The fourth-order valence-electron chi connectivity index (χ4n) is 2.58. The van der Waals surface area contributed by atoms with E-state index in [1.807, 2.05) is 0 Å². The third-order valence-electron chi connectivity index (χ3n) is 3.42. The lowest BCUT2D eigenvalue weighted by Crippen LogP contribution is -2.33. The Balaban J connectivity index is 1.70. The number of hydrogen-bond donors (Lipinski definition) is 0. The first-order chi connectivity index (χ1) is 7.38. The van der Waals surface area contributed by atoms with Gasteiger partial charge < -0.3 is 9.31 Å². The van der Waals surface area contributed by atoms with Crippen molar-refractivity contribution in [1.82, 2.24) is 0 Å². The zero-order valence-corrected chi connectivity index (χ0v) is 10.0. The summed E-state index contributed by atoms with van der Waals surface area (Å²) in [4.78, 5) is 0. The van der Waals surface area contributed by atoms with Gasteiger partial charge in [-0.2, -0.15) is 0 Å². The van der Waals surface area contributed by atoms with E-state index in [0.29, 0.717) is 18.0 Å². The highest BCUT2D eigenvalue weighted by Gasteiger charge is 2.28. The summed E-state index contributed by atoms with van der Waals surface area (Å²) < 4.78 is 11.7. The van der Waals surface area contributed by atoms with Crippen molar-refractivity contribution in [3.8, 4) is 0 Å². The Morgan fingerprint density at radius 1 is 0.867 bits per heavy atom. The quantitative estimate of drug-likeness (QED) is 0.533. The van der Waals surface area contributed by atoms with Gasteiger partial charge in [-0.15, -0.1) is 11.6 Å². The van der Waals surface area contributed by atoms with Crippen LogP contribution in [-0.4, -0.2) is 25.1 Å². The monoisotopic (exact) mass is 230 g/mol. The van der Waals surface area contributed by atoms with Gasteiger partial charge in [-0.1, -0.05) is 25.7 Å². The maximum Gasteiger partial charge on any atom is 0.473 e. The summed E-state index contributed by atoms with van der Waals surface area (Å²) >= 11 is 5.87. The van der Waals surface area contributed by atoms with Gasteiger partial charge in [0, 0.05) is 12.2 Å². The van der Waals surface area contributed by atoms with Gasteiger partial charge in [-0.05, 0) is 25.7 Å². The molecule has 0 spiro atoms. The van der Waals surface area contributed by atoms with Crippen LogP contribution in [0.25, 0.3) is 0 Å². The molecule has 2 aliphatic carbocycles. The van der Waals surface area contributed by atoms with Gasteiger partial charge >= 0.3 is 7.12 Å². The van der Waals surface area contributed by atoms with Gasteiger partial charge in [0.05, 0.1) is 5.78 Å². The van der Waals surface area contributed by atoms with Gasteiger partial charge in [0.25, 0.3) is 0 Å². The average molecular weight is 231 g/mol. The van der Waals surface area contributed by atoms with E-state index in [-0.39, 0.29) is 7.12 Å². The van der Waals surface area contributed by atoms with Crippen LogP contribution in [0.2, 0.25) is 0 Å². The van der Waals surface area contributed by atoms with Crippen LogP contribution in [0.4, 0.5) is 0 Å². The minimum absolute atomic E-state index is 0.169.